The molecule has 0 aromatic heterocycles. The summed E-state index contributed by atoms with van der Waals surface area (Å²) in [4.78, 5) is 25.3. The fraction of sp³-hybridized carbons (Fsp3) is 0.429. The predicted octanol–water partition coefficient (Wildman–Crippen LogP) is 1.94. The third-order valence-electron chi connectivity index (χ3n) is 3.18. The van der Waals surface area contributed by atoms with Crippen LogP contribution in [0.3, 0.4) is 0 Å². The van der Waals surface area contributed by atoms with E-state index in [1.54, 1.807) is 12.1 Å². The van der Waals surface area contributed by atoms with Gasteiger partial charge in [-0.25, -0.2) is 0 Å². The van der Waals surface area contributed by atoms with Crippen LogP contribution in [0.2, 0.25) is 0 Å². The first-order valence-corrected chi connectivity index (χ1v) is 6.05. The summed E-state index contributed by atoms with van der Waals surface area (Å²) in [6.45, 7) is 4.24. The van der Waals surface area contributed by atoms with E-state index >= 15 is 0 Å². The van der Waals surface area contributed by atoms with E-state index < -0.39 is 0 Å². The normalized spacial score (nSPS) is 19.1. The van der Waals surface area contributed by atoms with E-state index in [9.17, 15) is 9.59 Å². The zero-order valence-corrected chi connectivity index (χ0v) is 10.8. The Bertz CT molecular complexity index is 457. The molecule has 2 rings (SSSR count). The van der Waals surface area contributed by atoms with Gasteiger partial charge in [0.05, 0.1) is 6.54 Å². The van der Waals surface area contributed by atoms with Gasteiger partial charge in [-0.15, -0.1) is 0 Å². The van der Waals surface area contributed by atoms with E-state index in [1.165, 1.54) is 4.90 Å². The van der Waals surface area contributed by atoms with Crippen LogP contribution in [-0.2, 0) is 16.1 Å². The molecule has 0 radical (unpaired) electrons. The number of anilines is 1. The molecule has 1 aliphatic rings. The van der Waals surface area contributed by atoms with E-state index in [0.29, 0.717) is 25.1 Å². The van der Waals surface area contributed by atoms with Crippen LogP contribution < -0.4 is 5.73 Å². The summed E-state index contributed by atoms with van der Waals surface area (Å²) in [5.41, 5.74) is 6.98. The number of carbonyl (C=O) groups is 2. The van der Waals surface area contributed by atoms with Crippen LogP contribution in [-0.4, -0.2) is 16.7 Å². The molecule has 1 aliphatic heterocycles. The Morgan fingerprint density at radius 2 is 1.61 bits per heavy atom. The summed E-state index contributed by atoms with van der Waals surface area (Å²) in [7, 11) is 0. The van der Waals surface area contributed by atoms with Gasteiger partial charge < -0.3 is 5.73 Å². The Morgan fingerprint density at radius 3 is 2.11 bits per heavy atom. The topological polar surface area (TPSA) is 63.4 Å². The van der Waals surface area contributed by atoms with Crippen molar-refractivity contribution >= 4 is 17.5 Å². The van der Waals surface area contributed by atoms with Crippen LogP contribution in [0.5, 0.6) is 0 Å². The fourth-order valence-corrected chi connectivity index (χ4v) is 2.19. The van der Waals surface area contributed by atoms with Gasteiger partial charge in [0.2, 0.25) is 11.8 Å². The van der Waals surface area contributed by atoms with Crippen molar-refractivity contribution in [1.29, 1.82) is 0 Å². The van der Waals surface area contributed by atoms with E-state index in [4.69, 9.17) is 5.73 Å². The van der Waals surface area contributed by atoms with Gasteiger partial charge in [-0.1, -0.05) is 26.0 Å². The molecule has 1 aromatic rings. The van der Waals surface area contributed by atoms with Crippen LogP contribution in [0.25, 0.3) is 0 Å². The maximum atomic E-state index is 12.0. The quantitative estimate of drug-likeness (QED) is 0.640. The van der Waals surface area contributed by atoms with Gasteiger partial charge in [0, 0.05) is 18.5 Å². The molecule has 0 unspecified atom stereocenters. The van der Waals surface area contributed by atoms with Gasteiger partial charge in [0.25, 0.3) is 0 Å². The molecule has 0 saturated carbocycles. The second-order valence-electron chi connectivity index (χ2n) is 5.63. The number of hydrogen-bond acceptors (Lipinski definition) is 3. The van der Waals surface area contributed by atoms with Crippen LogP contribution in [0.4, 0.5) is 5.69 Å². The minimum atomic E-state index is -0.216. The number of carbonyl (C=O) groups excluding carboxylic acids is 2. The predicted molar refractivity (Wildman–Crippen MR) is 69.4 cm³/mol. The highest BCUT2D eigenvalue weighted by molar-refractivity contribution is 5.98. The molecular formula is C14H18N2O2. The lowest BCUT2D eigenvalue weighted by atomic mass is 9.81. The lowest BCUT2D eigenvalue weighted by Crippen LogP contribution is -2.45. The molecule has 0 aliphatic carbocycles. The Balaban J connectivity index is 2.12. The SMILES string of the molecule is CC1(C)CC(=O)N(Cc2ccc(N)cc2)C(=O)C1. The molecule has 1 fully saturated rings. The highest BCUT2D eigenvalue weighted by atomic mass is 16.2. The number of amides is 2. The minimum Gasteiger partial charge on any atom is -0.399 e. The number of piperidine rings is 1. The van der Waals surface area contributed by atoms with Crippen molar-refractivity contribution in [3.8, 4) is 0 Å². The standard InChI is InChI=1S/C14H18N2O2/c1-14(2)7-12(17)16(13(18)8-14)9-10-3-5-11(15)6-4-10/h3-6H,7-9,15H2,1-2H3. The van der Waals surface area contributed by atoms with Crippen LogP contribution in [0.1, 0.15) is 32.3 Å². The maximum Gasteiger partial charge on any atom is 0.230 e. The number of nitrogen functional groups attached to an aromatic ring is 1. The van der Waals surface area contributed by atoms with Crippen molar-refractivity contribution in [1.82, 2.24) is 4.90 Å². The molecule has 96 valence electrons. The number of imide groups is 1. The van der Waals surface area contributed by atoms with Crippen molar-refractivity contribution in [2.45, 2.75) is 33.2 Å². The molecule has 1 aromatic carbocycles. The summed E-state index contributed by atoms with van der Waals surface area (Å²) in [6, 6.07) is 7.24. The first kappa shape index (κ1) is 12.6. The Kier molecular flexibility index (Phi) is 3.11. The van der Waals surface area contributed by atoms with Gasteiger partial charge in [0.1, 0.15) is 0 Å². The zero-order valence-electron chi connectivity index (χ0n) is 10.8. The zero-order chi connectivity index (χ0) is 13.3. The lowest BCUT2D eigenvalue weighted by Gasteiger charge is -2.34. The average molecular weight is 246 g/mol. The van der Waals surface area contributed by atoms with E-state index in [-0.39, 0.29) is 17.2 Å². The molecule has 0 atom stereocenters. The molecule has 2 N–H and O–H groups in total. The van der Waals surface area contributed by atoms with Gasteiger partial charge in [-0.05, 0) is 23.1 Å². The Labute approximate surface area is 107 Å². The molecular weight excluding hydrogens is 228 g/mol. The lowest BCUT2D eigenvalue weighted by molar-refractivity contribution is -0.153. The molecule has 2 amide bonds. The summed E-state index contributed by atoms with van der Waals surface area (Å²) in [5.74, 6) is -0.179. The Hall–Kier alpha value is -1.84. The summed E-state index contributed by atoms with van der Waals surface area (Å²) in [5, 5.41) is 0. The first-order valence-electron chi connectivity index (χ1n) is 6.05. The minimum absolute atomic E-state index is 0.0897. The van der Waals surface area contributed by atoms with Crippen molar-refractivity contribution in [2.24, 2.45) is 5.41 Å². The number of likely N-dealkylation sites (tertiary alicyclic amines) is 1. The summed E-state index contributed by atoms with van der Waals surface area (Å²) < 4.78 is 0. The molecule has 18 heavy (non-hydrogen) atoms. The highest BCUT2D eigenvalue weighted by Gasteiger charge is 2.37. The molecule has 4 heteroatoms. The van der Waals surface area contributed by atoms with Crippen molar-refractivity contribution < 1.29 is 9.59 Å². The second kappa shape index (κ2) is 4.44. The van der Waals surface area contributed by atoms with Crippen LogP contribution in [0, 0.1) is 5.41 Å². The van der Waals surface area contributed by atoms with Crippen molar-refractivity contribution in [2.75, 3.05) is 5.73 Å². The number of rotatable bonds is 2. The second-order valence-corrected chi connectivity index (χ2v) is 5.63. The maximum absolute atomic E-state index is 12.0. The fourth-order valence-electron chi connectivity index (χ4n) is 2.19. The largest absolute Gasteiger partial charge is 0.399 e. The third kappa shape index (κ3) is 2.70. The third-order valence-corrected chi connectivity index (χ3v) is 3.18. The Morgan fingerprint density at radius 1 is 1.11 bits per heavy atom. The molecule has 4 nitrogen and oxygen atoms in total. The number of nitrogens with two attached hydrogens (primary N) is 1. The number of nitrogens with zero attached hydrogens (tertiary/aromatic N) is 1. The first-order chi connectivity index (χ1) is 8.37. The average Bonchev–Trinajstić information content (AvgIpc) is 2.24. The summed E-state index contributed by atoms with van der Waals surface area (Å²) in [6.07, 6.45) is 0.849. The van der Waals surface area contributed by atoms with Gasteiger partial charge in [-0.3, -0.25) is 14.5 Å². The van der Waals surface area contributed by atoms with Gasteiger partial charge >= 0.3 is 0 Å². The van der Waals surface area contributed by atoms with E-state index in [0.717, 1.165) is 5.56 Å². The molecule has 0 spiro atoms. The van der Waals surface area contributed by atoms with Crippen LogP contribution in [0.15, 0.2) is 24.3 Å². The smallest absolute Gasteiger partial charge is 0.230 e. The molecule has 1 saturated heterocycles. The highest BCUT2D eigenvalue weighted by Crippen LogP contribution is 2.32. The molecule has 0 bridgehead atoms. The monoisotopic (exact) mass is 246 g/mol. The van der Waals surface area contributed by atoms with E-state index in [1.807, 2.05) is 26.0 Å². The molecule has 1 heterocycles. The number of hydrogen-bond donors (Lipinski definition) is 1. The van der Waals surface area contributed by atoms with Crippen LogP contribution >= 0.6 is 0 Å². The van der Waals surface area contributed by atoms with Crippen molar-refractivity contribution in [3.05, 3.63) is 29.8 Å². The van der Waals surface area contributed by atoms with Gasteiger partial charge in [-0.2, -0.15) is 0 Å². The van der Waals surface area contributed by atoms with Gasteiger partial charge in [0.15, 0.2) is 0 Å². The number of benzene rings is 1. The van der Waals surface area contributed by atoms with Crippen molar-refractivity contribution in [3.63, 3.8) is 0 Å². The van der Waals surface area contributed by atoms with E-state index in [2.05, 4.69) is 0 Å². The summed E-state index contributed by atoms with van der Waals surface area (Å²) >= 11 is 0.